The summed E-state index contributed by atoms with van der Waals surface area (Å²) in [5, 5.41) is 3.83. The molecule has 1 N–H and O–H groups in total. The first-order valence-corrected chi connectivity index (χ1v) is 5.79. The Morgan fingerprint density at radius 1 is 1.56 bits per heavy atom. The van der Waals surface area contributed by atoms with Crippen molar-refractivity contribution in [2.45, 2.75) is 26.8 Å². The maximum absolute atomic E-state index is 13.5. The van der Waals surface area contributed by atoms with E-state index in [9.17, 15) is 4.39 Å². The van der Waals surface area contributed by atoms with Crippen molar-refractivity contribution in [1.29, 1.82) is 0 Å². The molecular formula is C13H17ClFN. The van der Waals surface area contributed by atoms with E-state index in [0.29, 0.717) is 10.6 Å². The van der Waals surface area contributed by atoms with Crippen LogP contribution < -0.4 is 5.32 Å². The minimum atomic E-state index is -0.243. The molecule has 0 aliphatic heterocycles. The summed E-state index contributed by atoms with van der Waals surface area (Å²) < 4.78 is 13.5. The van der Waals surface area contributed by atoms with Crippen molar-refractivity contribution in [3.8, 4) is 0 Å². The molecule has 0 aliphatic rings. The van der Waals surface area contributed by atoms with Crippen LogP contribution in [0.4, 0.5) is 4.39 Å². The third-order valence-corrected chi connectivity index (χ3v) is 2.77. The fourth-order valence-electron chi connectivity index (χ4n) is 1.46. The summed E-state index contributed by atoms with van der Waals surface area (Å²) in [6.45, 7) is 6.97. The van der Waals surface area contributed by atoms with Crippen molar-refractivity contribution in [3.63, 3.8) is 0 Å². The molecule has 88 valence electrons. The predicted octanol–water partition coefficient (Wildman–Crippen LogP) is 3.88. The van der Waals surface area contributed by atoms with Crippen molar-refractivity contribution in [3.05, 3.63) is 40.2 Å². The second kappa shape index (κ2) is 6.02. The van der Waals surface area contributed by atoms with E-state index >= 15 is 0 Å². The quantitative estimate of drug-likeness (QED) is 0.844. The first kappa shape index (κ1) is 13.2. The van der Waals surface area contributed by atoms with Crippen molar-refractivity contribution in [2.24, 2.45) is 0 Å². The summed E-state index contributed by atoms with van der Waals surface area (Å²) in [7, 11) is 0. The van der Waals surface area contributed by atoms with Gasteiger partial charge >= 0.3 is 0 Å². The fourth-order valence-corrected chi connectivity index (χ4v) is 1.64. The highest BCUT2D eigenvalue weighted by atomic mass is 35.5. The Balaban J connectivity index is 2.92. The van der Waals surface area contributed by atoms with E-state index in [1.165, 1.54) is 6.07 Å². The van der Waals surface area contributed by atoms with Gasteiger partial charge in [0.05, 0.1) is 0 Å². The van der Waals surface area contributed by atoms with Crippen LogP contribution in [0.5, 0.6) is 0 Å². The Labute approximate surface area is 101 Å². The van der Waals surface area contributed by atoms with E-state index in [-0.39, 0.29) is 11.9 Å². The SMILES string of the molecule is CCNC(C)/C(C)=C/c1cc(Cl)ccc1F. The average molecular weight is 242 g/mol. The topological polar surface area (TPSA) is 12.0 Å². The first-order valence-electron chi connectivity index (χ1n) is 5.41. The van der Waals surface area contributed by atoms with E-state index in [4.69, 9.17) is 11.6 Å². The predicted molar refractivity (Wildman–Crippen MR) is 68.2 cm³/mol. The van der Waals surface area contributed by atoms with Crippen LogP contribution in [-0.2, 0) is 0 Å². The lowest BCUT2D eigenvalue weighted by molar-refractivity contribution is 0.622. The van der Waals surface area contributed by atoms with Gasteiger partial charge < -0.3 is 5.32 Å². The molecule has 1 rings (SSSR count). The number of halogens is 2. The second-order valence-corrected chi connectivity index (χ2v) is 4.27. The lowest BCUT2D eigenvalue weighted by Crippen LogP contribution is -2.26. The van der Waals surface area contributed by atoms with Crippen LogP contribution in [0.1, 0.15) is 26.3 Å². The molecular weight excluding hydrogens is 225 g/mol. The standard InChI is InChI=1S/C13H17ClFN/c1-4-16-10(3)9(2)7-11-8-12(14)5-6-13(11)15/h5-8,10,16H,4H2,1-3H3/b9-7+. The molecule has 1 aromatic rings. The van der Waals surface area contributed by atoms with Crippen LogP contribution in [-0.4, -0.2) is 12.6 Å². The highest BCUT2D eigenvalue weighted by Gasteiger charge is 2.05. The van der Waals surface area contributed by atoms with E-state index in [1.54, 1.807) is 12.1 Å². The monoisotopic (exact) mass is 241 g/mol. The number of hydrogen-bond acceptors (Lipinski definition) is 1. The Bertz CT molecular complexity index is 388. The molecule has 0 bridgehead atoms. The molecule has 0 saturated carbocycles. The fraction of sp³-hybridized carbons (Fsp3) is 0.385. The van der Waals surface area contributed by atoms with Crippen molar-refractivity contribution in [2.75, 3.05) is 6.54 Å². The van der Waals surface area contributed by atoms with Crippen LogP contribution in [0, 0.1) is 5.82 Å². The normalized spacial score (nSPS) is 13.9. The van der Waals surface area contributed by atoms with Gasteiger partial charge in [0, 0.05) is 16.6 Å². The van der Waals surface area contributed by atoms with Gasteiger partial charge in [-0.3, -0.25) is 0 Å². The zero-order valence-electron chi connectivity index (χ0n) is 9.85. The molecule has 0 radical (unpaired) electrons. The van der Waals surface area contributed by atoms with Gasteiger partial charge in [0.2, 0.25) is 0 Å². The van der Waals surface area contributed by atoms with Crippen LogP contribution in [0.25, 0.3) is 6.08 Å². The van der Waals surface area contributed by atoms with Gasteiger partial charge in [-0.1, -0.05) is 30.2 Å². The molecule has 1 aromatic carbocycles. The van der Waals surface area contributed by atoms with Crippen LogP contribution >= 0.6 is 11.6 Å². The molecule has 3 heteroatoms. The van der Waals surface area contributed by atoms with E-state index in [1.807, 2.05) is 19.9 Å². The lowest BCUT2D eigenvalue weighted by atomic mass is 10.1. The first-order chi connectivity index (χ1) is 7.54. The molecule has 0 fully saturated rings. The zero-order chi connectivity index (χ0) is 12.1. The van der Waals surface area contributed by atoms with Gasteiger partial charge in [0.1, 0.15) is 5.82 Å². The number of hydrogen-bond donors (Lipinski definition) is 1. The molecule has 0 aromatic heterocycles. The zero-order valence-corrected chi connectivity index (χ0v) is 10.6. The molecule has 0 heterocycles. The third kappa shape index (κ3) is 3.62. The lowest BCUT2D eigenvalue weighted by Gasteiger charge is -2.13. The van der Waals surface area contributed by atoms with Crippen LogP contribution in [0.15, 0.2) is 23.8 Å². The van der Waals surface area contributed by atoms with Gasteiger partial charge in [-0.25, -0.2) is 4.39 Å². The van der Waals surface area contributed by atoms with E-state index in [0.717, 1.165) is 12.1 Å². The highest BCUT2D eigenvalue weighted by molar-refractivity contribution is 6.30. The van der Waals surface area contributed by atoms with Crippen molar-refractivity contribution in [1.82, 2.24) is 5.32 Å². The van der Waals surface area contributed by atoms with Gasteiger partial charge in [0.15, 0.2) is 0 Å². The Morgan fingerprint density at radius 2 is 2.25 bits per heavy atom. The van der Waals surface area contributed by atoms with Crippen molar-refractivity contribution < 1.29 is 4.39 Å². The second-order valence-electron chi connectivity index (χ2n) is 3.83. The Morgan fingerprint density at radius 3 is 2.88 bits per heavy atom. The minimum absolute atomic E-state index is 0.239. The molecule has 0 saturated heterocycles. The van der Waals surface area contributed by atoms with Gasteiger partial charge in [-0.05, 0) is 38.6 Å². The maximum Gasteiger partial charge on any atom is 0.130 e. The molecule has 1 unspecified atom stereocenters. The molecule has 1 nitrogen and oxygen atoms in total. The summed E-state index contributed by atoms with van der Waals surface area (Å²) in [6, 6.07) is 4.82. The smallest absolute Gasteiger partial charge is 0.130 e. The summed E-state index contributed by atoms with van der Waals surface area (Å²) in [5.41, 5.74) is 1.62. The van der Waals surface area contributed by atoms with E-state index in [2.05, 4.69) is 12.2 Å². The minimum Gasteiger partial charge on any atom is -0.311 e. The molecule has 0 spiro atoms. The number of nitrogens with one attached hydrogen (secondary N) is 1. The molecule has 1 atom stereocenters. The average Bonchev–Trinajstić information content (AvgIpc) is 2.23. The summed E-state index contributed by atoms with van der Waals surface area (Å²) in [4.78, 5) is 0. The Kier molecular flexibility index (Phi) is 4.97. The maximum atomic E-state index is 13.5. The third-order valence-electron chi connectivity index (χ3n) is 2.53. The van der Waals surface area contributed by atoms with Crippen molar-refractivity contribution >= 4 is 17.7 Å². The van der Waals surface area contributed by atoms with Crippen LogP contribution in [0.3, 0.4) is 0 Å². The van der Waals surface area contributed by atoms with Crippen LogP contribution in [0.2, 0.25) is 5.02 Å². The summed E-state index contributed by atoms with van der Waals surface area (Å²) in [6.07, 6.45) is 1.83. The highest BCUT2D eigenvalue weighted by Crippen LogP contribution is 2.18. The van der Waals surface area contributed by atoms with Gasteiger partial charge in [-0.2, -0.15) is 0 Å². The largest absolute Gasteiger partial charge is 0.311 e. The van der Waals surface area contributed by atoms with E-state index < -0.39 is 0 Å². The summed E-state index contributed by atoms with van der Waals surface area (Å²) in [5.74, 6) is -0.243. The number of benzene rings is 1. The molecule has 0 amide bonds. The van der Waals surface area contributed by atoms with Gasteiger partial charge in [0.25, 0.3) is 0 Å². The van der Waals surface area contributed by atoms with Gasteiger partial charge in [-0.15, -0.1) is 0 Å². The molecule has 0 aliphatic carbocycles. The molecule has 16 heavy (non-hydrogen) atoms. The number of likely N-dealkylation sites (N-methyl/N-ethyl adjacent to an activating group) is 1. The number of rotatable bonds is 4. The Hall–Kier alpha value is -0.860. The summed E-state index contributed by atoms with van der Waals surface area (Å²) >= 11 is 5.83.